The van der Waals surface area contributed by atoms with Crippen LogP contribution in [0.5, 0.6) is 0 Å². The molecule has 0 saturated carbocycles. The second-order valence-corrected chi connectivity index (χ2v) is 4.09. The van der Waals surface area contributed by atoms with Gasteiger partial charge in [0.1, 0.15) is 0 Å². The minimum atomic E-state index is 0.736. The third kappa shape index (κ3) is 4.12. The third-order valence-corrected chi connectivity index (χ3v) is 2.37. The highest BCUT2D eigenvalue weighted by atomic mass is 35.5. The Morgan fingerprint density at radius 2 is 1.79 bits per heavy atom. The number of hydrogen-bond donors (Lipinski definition) is 1. The van der Waals surface area contributed by atoms with E-state index in [1.165, 1.54) is 16.7 Å². The van der Waals surface area contributed by atoms with Crippen molar-refractivity contribution in [2.45, 2.75) is 26.8 Å². The zero-order chi connectivity index (χ0) is 10.4. The molecular weight excluding hydrogens is 194 g/mol. The van der Waals surface area contributed by atoms with Crippen LogP contribution in [0.25, 0.3) is 0 Å². The van der Waals surface area contributed by atoms with Gasteiger partial charge in [0, 0.05) is 12.4 Å². The number of rotatable bonds is 5. The average Bonchev–Trinajstić information content (AvgIpc) is 2.11. The van der Waals surface area contributed by atoms with Crippen LogP contribution in [-0.4, -0.2) is 12.4 Å². The quantitative estimate of drug-likeness (QED) is 0.583. The molecule has 1 nitrogen and oxygen atoms in total. The van der Waals surface area contributed by atoms with Crippen LogP contribution in [0.3, 0.4) is 0 Å². The van der Waals surface area contributed by atoms with Gasteiger partial charge in [-0.05, 0) is 32.4 Å². The normalized spacial score (nSPS) is 10.5. The van der Waals surface area contributed by atoms with Crippen molar-refractivity contribution in [2.75, 3.05) is 12.4 Å². The summed E-state index contributed by atoms with van der Waals surface area (Å²) < 4.78 is 0. The Hall–Kier alpha value is -0.530. The zero-order valence-corrected chi connectivity index (χ0v) is 9.69. The first-order valence-corrected chi connectivity index (χ1v) is 5.59. The molecule has 0 atom stereocenters. The first kappa shape index (κ1) is 11.5. The molecule has 0 saturated heterocycles. The van der Waals surface area contributed by atoms with Crippen LogP contribution in [0, 0.1) is 13.8 Å². The molecule has 0 spiro atoms. The van der Waals surface area contributed by atoms with Crippen molar-refractivity contribution in [3.63, 3.8) is 0 Å². The molecule has 0 aliphatic rings. The highest BCUT2D eigenvalue weighted by Crippen LogP contribution is 2.08. The van der Waals surface area contributed by atoms with Gasteiger partial charge in [0.05, 0.1) is 0 Å². The Kier molecular flexibility index (Phi) is 4.99. The maximum atomic E-state index is 5.59. The SMILES string of the molecule is Cc1cc(C)cc(CNCCCCl)c1. The lowest BCUT2D eigenvalue weighted by Crippen LogP contribution is -2.15. The van der Waals surface area contributed by atoms with E-state index in [1.54, 1.807) is 0 Å². The Bertz CT molecular complexity index is 263. The standard InChI is InChI=1S/C12H18ClN/c1-10-6-11(2)8-12(7-10)9-14-5-3-4-13/h6-8,14H,3-5,9H2,1-2H3. The molecule has 0 fully saturated rings. The van der Waals surface area contributed by atoms with Gasteiger partial charge >= 0.3 is 0 Å². The number of hydrogen-bond acceptors (Lipinski definition) is 1. The van der Waals surface area contributed by atoms with Crippen LogP contribution >= 0.6 is 11.6 Å². The van der Waals surface area contributed by atoms with Crippen LogP contribution in [0.2, 0.25) is 0 Å². The van der Waals surface area contributed by atoms with Gasteiger partial charge in [-0.2, -0.15) is 0 Å². The monoisotopic (exact) mass is 211 g/mol. The summed E-state index contributed by atoms with van der Waals surface area (Å²) in [6.45, 7) is 6.21. The van der Waals surface area contributed by atoms with Gasteiger partial charge in [-0.3, -0.25) is 0 Å². The summed E-state index contributed by atoms with van der Waals surface area (Å²) in [4.78, 5) is 0. The smallest absolute Gasteiger partial charge is 0.0235 e. The Balaban J connectivity index is 2.42. The second-order valence-electron chi connectivity index (χ2n) is 3.72. The number of nitrogens with one attached hydrogen (secondary N) is 1. The van der Waals surface area contributed by atoms with Gasteiger partial charge in [0.15, 0.2) is 0 Å². The maximum Gasteiger partial charge on any atom is 0.0235 e. The van der Waals surface area contributed by atoms with Gasteiger partial charge in [-0.15, -0.1) is 11.6 Å². The van der Waals surface area contributed by atoms with Crippen LogP contribution in [0.4, 0.5) is 0 Å². The second kappa shape index (κ2) is 6.05. The first-order chi connectivity index (χ1) is 6.72. The van der Waals surface area contributed by atoms with Crippen molar-refractivity contribution in [1.29, 1.82) is 0 Å². The van der Waals surface area contributed by atoms with E-state index in [0.29, 0.717) is 0 Å². The Morgan fingerprint density at radius 1 is 1.14 bits per heavy atom. The summed E-state index contributed by atoms with van der Waals surface area (Å²) in [7, 11) is 0. The van der Waals surface area contributed by atoms with Gasteiger partial charge in [0.2, 0.25) is 0 Å². The van der Waals surface area contributed by atoms with E-state index in [0.717, 1.165) is 25.4 Å². The van der Waals surface area contributed by atoms with Crippen molar-refractivity contribution in [3.8, 4) is 0 Å². The summed E-state index contributed by atoms with van der Waals surface area (Å²) in [6.07, 6.45) is 1.03. The zero-order valence-electron chi connectivity index (χ0n) is 8.94. The third-order valence-electron chi connectivity index (χ3n) is 2.10. The number of benzene rings is 1. The molecule has 0 aliphatic heterocycles. The fraction of sp³-hybridized carbons (Fsp3) is 0.500. The first-order valence-electron chi connectivity index (χ1n) is 5.06. The molecule has 0 unspecified atom stereocenters. The number of aryl methyl sites for hydroxylation is 2. The number of alkyl halides is 1. The molecule has 0 aromatic heterocycles. The van der Waals surface area contributed by atoms with Crippen LogP contribution in [0.1, 0.15) is 23.1 Å². The molecular formula is C12H18ClN. The summed E-state index contributed by atoms with van der Waals surface area (Å²) in [6, 6.07) is 6.64. The molecule has 1 aromatic rings. The molecule has 0 bridgehead atoms. The topological polar surface area (TPSA) is 12.0 Å². The van der Waals surface area contributed by atoms with Crippen molar-refractivity contribution >= 4 is 11.6 Å². The molecule has 0 aliphatic carbocycles. The van der Waals surface area contributed by atoms with Crippen molar-refractivity contribution < 1.29 is 0 Å². The summed E-state index contributed by atoms with van der Waals surface area (Å²) in [5.41, 5.74) is 4.02. The minimum absolute atomic E-state index is 0.736. The fourth-order valence-corrected chi connectivity index (χ4v) is 1.73. The van der Waals surface area contributed by atoms with E-state index < -0.39 is 0 Å². The maximum absolute atomic E-state index is 5.59. The van der Waals surface area contributed by atoms with Gasteiger partial charge in [0.25, 0.3) is 0 Å². The van der Waals surface area contributed by atoms with Crippen LogP contribution in [0.15, 0.2) is 18.2 Å². The molecule has 78 valence electrons. The predicted octanol–water partition coefficient (Wildman–Crippen LogP) is 3.02. The van der Waals surface area contributed by atoms with E-state index in [9.17, 15) is 0 Å². The van der Waals surface area contributed by atoms with E-state index in [4.69, 9.17) is 11.6 Å². The van der Waals surface area contributed by atoms with Crippen molar-refractivity contribution in [3.05, 3.63) is 34.9 Å². The molecule has 1 aromatic carbocycles. The molecule has 14 heavy (non-hydrogen) atoms. The lowest BCUT2D eigenvalue weighted by Gasteiger charge is -2.06. The predicted molar refractivity (Wildman–Crippen MR) is 63.0 cm³/mol. The Labute approximate surface area is 91.5 Å². The van der Waals surface area contributed by atoms with E-state index in [1.807, 2.05) is 0 Å². The number of halogens is 1. The van der Waals surface area contributed by atoms with E-state index in [2.05, 4.69) is 37.4 Å². The largest absolute Gasteiger partial charge is 0.313 e. The summed E-state index contributed by atoms with van der Waals surface area (Å²) in [5.74, 6) is 0.736. The molecule has 0 radical (unpaired) electrons. The minimum Gasteiger partial charge on any atom is -0.313 e. The van der Waals surface area contributed by atoms with Gasteiger partial charge in [-0.1, -0.05) is 29.3 Å². The summed E-state index contributed by atoms with van der Waals surface area (Å²) in [5, 5.41) is 3.37. The highest BCUT2D eigenvalue weighted by Gasteiger charge is 1.95. The van der Waals surface area contributed by atoms with Crippen molar-refractivity contribution in [2.24, 2.45) is 0 Å². The van der Waals surface area contributed by atoms with Crippen LogP contribution in [-0.2, 0) is 6.54 Å². The molecule has 0 heterocycles. The Morgan fingerprint density at radius 3 is 2.36 bits per heavy atom. The fourth-order valence-electron chi connectivity index (χ4n) is 1.60. The average molecular weight is 212 g/mol. The van der Waals surface area contributed by atoms with Crippen LogP contribution < -0.4 is 5.32 Å². The lowest BCUT2D eigenvalue weighted by atomic mass is 10.1. The molecule has 1 rings (SSSR count). The van der Waals surface area contributed by atoms with E-state index in [-0.39, 0.29) is 0 Å². The molecule has 0 amide bonds. The summed E-state index contributed by atoms with van der Waals surface area (Å²) >= 11 is 5.59. The molecule has 2 heteroatoms. The van der Waals surface area contributed by atoms with E-state index >= 15 is 0 Å². The highest BCUT2D eigenvalue weighted by molar-refractivity contribution is 6.17. The van der Waals surface area contributed by atoms with Crippen molar-refractivity contribution in [1.82, 2.24) is 5.32 Å². The van der Waals surface area contributed by atoms with Gasteiger partial charge < -0.3 is 5.32 Å². The van der Waals surface area contributed by atoms with Gasteiger partial charge in [-0.25, -0.2) is 0 Å². The molecule has 1 N–H and O–H groups in total. The lowest BCUT2D eigenvalue weighted by molar-refractivity contribution is 0.677.